The summed E-state index contributed by atoms with van der Waals surface area (Å²) >= 11 is 0. The predicted octanol–water partition coefficient (Wildman–Crippen LogP) is 1.73. The van der Waals surface area contributed by atoms with Crippen molar-refractivity contribution in [1.29, 1.82) is 0 Å². The van der Waals surface area contributed by atoms with Crippen molar-refractivity contribution in [2.75, 3.05) is 37.7 Å². The molecule has 0 radical (unpaired) electrons. The number of nitrogens with zero attached hydrogens (tertiary/aromatic N) is 5. The van der Waals surface area contributed by atoms with Crippen molar-refractivity contribution in [3.05, 3.63) is 24.2 Å². The molecule has 2 aromatic heterocycles. The molecule has 2 fully saturated rings. The number of piperidine rings is 1. The Bertz CT molecular complexity index is 677. The van der Waals surface area contributed by atoms with Crippen LogP contribution in [0.1, 0.15) is 25.5 Å². The Morgan fingerprint density at radius 1 is 1.22 bits per heavy atom. The van der Waals surface area contributed by atoms with Gasteiger partial charge in [0, 0.05) is 44.6 Å². The van der Waals surface area contributed by atoms with Crippen LogP contribution < -0.4 is 4.90 Å². The summed E-state index contributed by atoms with van der Waals surface area (Å²) < 4.78 is 7.61. The third-order valence-electron chi connectivity index (χ3n) is 5.04. The fourth-order valence-electron chi connectivity index (χ4n) is 3.89. The number of hydrogen-bond acceptors (Lipinski definition) is 5. The van der Waals surface area contributed by atoms with E-state index in [2.05, 4.69) is 32.9 Å². The number of rotatable bonds is 2. The first-order valence-electron chi connectivity index (χ1n) is 8.62. The number of morpholine rings is 1. The lowest BCUT2D eigenvalue weighted by atomic mass is 10.0. The van der Waals surface area contributed by atoms with Crippen LogP contribution in [0.25, 0.3) is 5.52 Å². The second kappa shape index (κ2) is 6.09. The highest BCUT2D eigenvalue weighted by Crippen LogP contribution is 2.25. The molecule has 4 rings (SSSR count). The average molecular weight is 315 g/mol. The minimum absolute atomic E-state index is 0.368. The molecule has 6 nitrogen and oxygen atoms in total. The van der Waals surface area contributed by atoms with E-state index in [1.165, 1.54) is 12.8 Å². The van der Waals surface area contributed by atoms with E-state index in [4.69, 9.17) is 4.74 Å². The van der Waals surface area contributed by atoms with Gasteiger partial charge in [-0.05, 0) is 32.8 Å². The highest BCUT2D eigenvalue weighted by molar-refractivity contribution is 5.69. The highest BCUT2D eigenvalue weighted by Gasteiger charge is 2.28. The van der Waals surface area contributed by atoms with Crippen LogP contribution in [0, 0.1) is 6.92 Å². The second-order valence-electron chi connectivity index (χ2n) is 6.76. The van der Waals surface area contributed by atoms with Gasteiger partial charge in [0.2, 0.25) is 0 Å². The topological polar surface area (TPSA) is 45.9 Å². The van der Waals surface area contributed by atoms with Crippen LogP contribution in [0.4, 0.5) is 5.82 Å². The molecule has 4 heterocycles. The van der Waals surface area contributed by atoms with E-state index in [9.17, 15) is 0 Å². The molecular formula is C17H25N5O. The summed E-state index contributed by atoms with van der Waals surface area (Å²) in [5.41, 5.74) is 2.15. The molecule has 2 aliphatic heterocycles. The number of anilines is 1. The number of ether oxygens (including phenoxy) is 1. The zero-order chi connectivity index (χ0) is 15.8. The van der Waals surface area contributed by atoms with Gasteiger partial charge in [-0.15, -0.1) is 0 Å². The van der Waals surface area contributed by atoms with Gasteiger partial charge in [-0.1, -0.05) is 0 Å². The van der Waals surface area contributed by atoms with E-state index >= 15 is 0 Å². The van der Waals surface area contributed by atoms with Crippen LogP contribution in [-0.2, 0) is 4.74 Å². The maximum atomic E-state index is 5.67. The van der Waals surface area contributed by atoms with Gasteiger partial charge in [0.25, 0.3) is 0 Å². The molecule has 2 saturated heterocycles. The van der Waals surface area contributed by atoms with Crippen molar-refractivity contribution in [1.82, 2.24) is 19.5 Å². The summed E-state index contributed by atoms with van der Waals surface area (Å²) in [5.74, 6) is 1.07. The molecule has 0 N–H and O–H groups in total. The van der Waals surface area contributed by atoms with Crippen LogP contribution in [0.5, 0.6) is 0 Å². The number of aryl methyl sites for hydroxylation is 1. The molecule has 23 heavy (non-hydrogen) atoms. The van der Waals surface area contributed by atoms with Crippen LogP contribution in [-0.4, -0.2) is 64.4 Å². The molecule has 2 aromatic rings. The second-order valence-corrected chi connectivity index (χ2v) is 6.76. The highest BCUT2D eigenvalue weighted by atomic mass is 16.5. The Morgan fingerprint density at radius 2 is 2.04 bits per heavy atom. The molecule has 0 aliphatic carbocycles. The standard InChI is InChI=1S/C17H25N5O/c1-13-11-16-17(18-5-8-22(16)19-13)20-6-3-15(4-7-20)21-9-10-23-14(2)12-21/h5,8,11,14-15H,3-4,6-7,9-10,12H2,1-2H3. The van der Waals surface area contributed by atoms with Crippen LogP contribution in [0.15, 0.2) is 18.5 Å². The third-order valence-corrected chi connectivity index (χ3v) is 5.04. The number of hydrogen-bond donors (Lipinski definition) is 0. The molecule has 6 heteroatoms. The van der Waals surface area contributed by atoms with Crippen LogP contribution in [0.2, 0.25) is 0 Å². The molecule has 2 aliphatic rings. The lowest BCUT2D eigenvalue weighted by molar-refractivity contribution is -0.0373. The summed E-state index contributed by atoms with van der Waals surface area (Å²) in [7, 11) is 0. The molecule has 1 unspecified atom stereocenters. The molecule has 0 bridgehead atoms. The van der Waals surface area contributed by atoms with Crippen molar-refractivity contribution in [2.45, 2.75) is 38.8 Å². The quantitative estimate of drug-likeness (QED) is 0.844. The largest absolute Gasteiger partial charge is 0.376 e. The summed E-state index contributed by atoms with van der Waals surface area (Å²) in [5, 5.41) is 4.49. The van der Waals surface area contributed by atoms with Crippen molar-refractivity contribution >= 4 is 11.3 Å². The third kappa shape index (κ3) is 2.93. The van der Waals surface area contributed by atoms with Gasteiger partial charge in [-0.25, -0.2) is 9.50 Å². The molecule has 0 aromatic carbocycles. The fourth-order valence-corrected chi connectivity index (χ4v) is 3.89. The monoisotopic (exact) mass is 315 g/mol. The normalized spacial score (nSPS) is 24.4. The first-order chi connectivity index (χ1) is 11.2. The Labute approximate surface area is 137 Å². The molecule has 0 amide bonds. The summed E-state index contributed by atoms with van der Waals surface area (Å²) in [6, 6.07) is 2.81. The number of fused-ring (bicyclic) bond motifs is 1. The Morgan fingerprint density at radius 3 is 2.83 bits per heavy atom. The van der Waals surface area contributed by atoms with E-state index in [1.807, 2.05) is 23.8 Å². The van der Waals surface area contributed by atoms with Gasteiger partial charge in [0.1, 0.15) is 5.52 Å². The van der Waals surface area contributed by atoms with Crippen LogP contribution >= 0.6 is 0 Å². The van der Waals surface area contributed by atoms with Gasteiger partial charge in [0.05, 0.1) is 18.4 Å². The number of aromatic nitrogens is 3. The molecule has 124 valence electrons. The zero-order valence-electron chi connectivity index (χ0n) is 14.0. The van der Waals surface area contributed by atoms with E-state index in [0.29, 0.717) is 12.1 Å². The summed E-state index contributed by atoms with van der Waals surface area (Å²) in [4.78, 5) is 9.65. The van der Waals surface area contributed by atoms with E-state index < -0.39 is 0 Å². The van der Waals surface area contributed by atoms with Crippen molar-refractivity contribution in [3.8, 4) is 0 Å². The van der Waals surface area contributed by atoms with Gasteiger partial charge in [-0.2, -0.15) is 5.10 Å². The SMILES string of the molecule is Cc1cc2c(N3CCC(N4CCOC(C)C4)CC3)nccn2n1. The first kappa shape index (κ1) is 14.9. The van der Waals surface area contributed by atoms with Gasteiger partial charge >= 0.3 is 0 Å². The lowest BCUT2D eigenvalue weighted by Crippen LogP contribution is -2.51. The smallest absolute Gasteiger partial charge is 0.154 e. The Balaban J connectivity index is 1.46. The zero-order valence-corrected chi connectivity index (χ0v) is 14.0. The first-order valence-corrected chi connectivity index (χ1v) is 8.62. The minimum atomic E-state index is 0.368. The minimum Gasteiger partial charge on any atom is -0.376 e. The predicted molar refractivity (Wildman–Crippen MR) is 89.9 cm³/mol. The average Bonchev–Trinajstić information content (AvgIpc) is 2.95. The van der Waals surface area contributed by atoms with Gasteiger partial charge in [-0.3, -0.25) is 4.90 Å². The molecule has 0 saturated carbocycles. The van der Waals surface area contributed by atoms with Crippen LogP contribution in [0.3, 0.4) is 0 Å². The van der Waals surface area contributed by atoms with Gasteiger partial charge in [0.15, 0.2) is 5.82 Å². The lowest BCUT2D eigenvalue weighted by Gasteiger charge is -2.42. The van der Waals surface area contributed by atoms with Gasteiger partial charge < -0.3 is 9.64 Å². The maximum absolute atomic E-state index is 5.67. The fraction of sp³-hybridized carbons (Fsp3) is 0.647. The van der Waals surface area contributed by atoms with Crippen molar-refractivity contribution in [3.63, 3.8) is 0 Å². The maximum Gasteiger partial charge on any atom is 0.154 e. The molecule has 0 spiro atoms. The van der Waals surface area contributed by atoms with E-state index in [-0.39, 0.29) is 0 Å². The summed E-state index contributed by atoms with van der Waals surface area (Å²) in [6.07, 6.45) is 6.54. The van der Waals surface area contributed by atoms with Crippen molar-refractivity contribution < 1.29 is 4.74 Å². The molecule has 1 atom stereocenters. The van der Waals surface area contributed by atoms with Crippen molar-refractivity contribution in [2.24, 2.45) is 0 Å². The summed E-state index contributed by atoms with van der Waals surface area (Å²) in [6.45, 7) is 9.35. The molecular weight excluding hydrogens is 290 g/mol. The Kier molecular flexibility index (Phi) is 3.95. The van der Waals surface area contributed by atoms with E-state index in [1.54, 1.807) is 0 Å². The van der Waals surface area contributed by atoms with E-state index in [0.717, 1.165) is 49.8 Å². The Hall–Kier alpha value is -1.66.